The molecule has 0 fully saturated rings. The van der Waals surface area contributed by atoms with Crippen molar-refractivity contribution in [3.05, 3.63) is 40.8 Å². The van der Waals surface area contributed by atoms with Crippen LogP contribution in [-0.4, -0.2) is 35.1 Å². The van der Waals surface area contributed by atoms with Crippen LogP contribution in [0.5, 0.6) is 0 Å². The lowest BCUT2D eigenvalue weighted by atomic mass is 9.99. The van der Waals surface area contributed by atoms with E-state index in [1.807, 2.05) is 6.07 Å². The summed E-state index contributed by atoms with van der Waals surface area (Å²) in [6, 6.07) is 1.98. The lowest BCUT2D eigenvalue weighted by molar-refractivity contribution is -0.107. The first kappa shape index (κ1) is 17.3. The molecule has 122 valence electrons. The number of nitrogens with zero attached hydrogens (tertiary/aromatic N) is 3. The quantitative estimate of drug-likeness (QED) is 0.837. The number of aromatic nitrogens is 2. The van der Waals surface area contributed by atoms with E-state index in [9.17, 15) is 9.90 Å². The average Bonchev–Trinajstić information content (AvgIpc) is 2.98. The zero-order valence-corrected chi connectivity index (χ0v) is 13.8. The van der Waals surface area contributed by atoms with Crippen LogP contribution in [0.2, 0.25) is 5.02 Å². The minimum atomic E-state index is -0.699. The molecule has 1 unspecified atom stereocenters. The van der Waals surface area contributed by atoms with Gasteiger partial charge >= 0.3 is 0 Å². The van der Waals surface area contributed by atoms with Crippen molar-refractivity contribution in [3.63, 3.8) is 0 Å². The number of amides is 1. The van der Waals surface area contributed by atoms with Crippen LogP contribution >= 0.6 is 11.6 Å². The van der Waals surface area contributed by atoms with Crippen LogP contribution in [-0.2, 0) is 11.2 Å². The first-order chi connectivity index (χ1) is 11.1. The van der Waals surface area contributed by atoms with Crippen molar-refractivity contribution in [1.82, 2.24) is 9.97 Å². The van der Waals surface area contributed by atoms with Crippen molar-refractivity contribution in [2.75, 3.05) is 18.5 Å². The molecule has 0 radical (unpaired) electrons. The van der Waals surface area contributed by atoms with Gasteiger partial charge in [-0.3, -0.25) is 14.7 Å². The van der Waals surface area contributed by atoms with Crippen LogP contribution in [0, 0.1) is 0 Å². The smallest absolute Gasteiger partial charge is 0.215 e. The summed E-state index contributed by atoms with van der Waals surface area (Å²) >= 11 is 6.14. The predicted molar refractivity (Wildman–Crippen MR) is 90.3 cm³/mol. The van der Waals surface area contributed by atoms with Crippen LogP contribution in [0.1, 0.15) is 24.2 Å². The average molecular weight is 335 g/mol. The molecular weight excluding hydrogens is 316 g/mol. The van der Waals surface area contributed by atoms with Gasteiger partial charge in [0, 0.05) is 41.8 Å². The standard InChI is InChI=1S/C15H14ClN3O2.CH5N/c1-9(21)14-12(6-17-7-13(14)16)11-4-10-2-3-19(8-20)15(10)18-5-11;1-2/h4-9,21H,2-3H2,1H3;2H2,1H3. The minimum Gasteiger partial charge on any atom is -0.389 e. The summed E-state index contributed by atoms with van der Waals surface area (Å²) in [6.07, 6.45) is 5.73. The number of halogens is 1. The van der Waals surface area contributed by atoms with Gasteiger partial charge in [0.2, 0.25) is 6.41 Å². The van der Waals surface area contributed by atoms with Crippen molar-refractivity contribution in [2.24, 2.45) is 5.73 Å². The number of aliphatic hydroxyl groups excluding tert-OH is 1. The fourth-order valence-electron chi connectivity index (χ4n) is 2.64. The van der Waals surface area contributed by atoms with Gasteiger partial charge in [0.15, 0.2) is 0 Å². The monoisotopic (exact) mass is 334 g/mol. The Kier molecular flexibility index (Phi) is 5.65. The zero-order valence-electron chi connectivity index (χ0n) is 13.0. The molecule has 1 aliphatic rings. The fraction of sp³-hybridized carbons (Fsp3) is 0.312. The highest BCUT2D eigenvalue weighted by Crippen LogP contribution is 2.35. The Labute approximate surface area is 139 Å². The van der Waals surface area contributed by atoms with Crippen molar-refractivity contribution in [1.29, 1.82) is 0 Å². The van der Waals surface area contributed by atoms with Gasteiger partial charge in [-0.2, -0.15) is 0 Å². The second-order valence-corrected chi connectivity index (χ2v) is 5.42. The molecule has 7 heteroatoms. The van der Waals surface area contributed by atoms with Crippen LogP contribution in [0.25, 0.3) is 11.1 Å². The third kappa shape index (κ3) is 3.34. The molecule has 0 aromatic carbocycles. The first-order valence-corrected chi connectivity index (χ1v) is 7.60. The Morgan fingerprint density at radius 2 is 2.13 bits per heavy atom. The maximum Gasteiger partial charge on any atom is 0.215 e. The van der Waals surface area contributed by atoms with Crippen molar-refractivity contribution in [3.8, 4) is 11.1 Å². The van der Waals surface area contributed by atoms with Crippen LogP contribution < -0.4 is 10.6 Å². The summed E-state index contributed by atoms with van der Waals surface area (Å²) in [7, 11) is 1.50. The highest BCUT2D eigenvalue weighted by atomic mass is 35.5. The first-order valence-electron chi connectivity index (χ1n) is 7.22. The molecular formula is C16H19ClN4O2. The van der Waals surface area contributed by atoms with E-state index in [2.05, 4.69) is 15.7 Å². The molecule has 0 saturated heterocycles. The van der Waals surface area contributed by atoms with E-state index < -0.39 is 6.10 Å². The van der Waals surface area contributed by atoms with E-state index in [1.165, 1.54) is 13.2 Å². The molecule has 23 heavy (non-hydrogen) atoms. The summed E-state index contributed by atoms with van der Waals surface area (Å²) in [4.78, 5) is 21.0. The lowest BCUT2D eigenvalue weighted by Crippen LogP contribution is -2.18. The van der Waals surface area contributed by atoms with E-state index in [4.69, 9.17) is 11.6 Å². The molecule has 0 aliphatic carbocycles. The third-order valence-electron chi connectivity index (χ3n) is 3.63. The van der Waals surface area contributed by atoms with Crippen LogP contribution in [0.4, 0.5) is 5.82 Å². The molecule has 1 amide bonds. The van der Waals surface area contributed by atoms with Gasteiger partial charge in [-0.1, -0.05) is 11.6 Å². The van der Waals surface area contributed by atoms with Crippen molar-refractivity contribution >= 4 is 23.8 Å². The van der Waals surface area contributed by atoms with Gasteiger partial charge in [-0.25, -0.2) is 4.98 Å². The fourth-order valence-corrected chi connectivity index (χ4v) is 2.96. The molecule has 2 aromatic heterocycles. The number of hydrogen-bond donors (Lipinski definition) is 2. The highest BCUT2D eigenvalue weighted by Gasteiger charge is 2.22. The van der Waals surface area contributed by atoms with E-state index in [1.54, 1.807) is 24.2 Å². The van der Waals surface area contributed by atoms with Crippen LogP contribution in [0.3, 0.4) is 0 Å². The Morgan fingerprint density at radius 1 is 1.39 bits per heavy atom. The number of anilines is 1. The molecule has 3 heterocycles. The molecule has 0 spiro atoms. The second-order valence-electron chi connectivity index (χ2n) is 5.01. The number of fused-ring (bicyclic) bond motifs is 1. The number of aliphatic hydroxyl groups is 1. The molecule has 0 bridgehead atoms. The summed E-state index contributed by atoms with van der Waals surface area (Å²) in [5.41, 5.74) is 7.75. The molecule has 6 nitrogen and oxygen atoms in total. The van der Waals surface area contributed by atoms with Gasteiger partial charge in [-0.05, 0) is 32.0 Å². The topological polar surface area (TPSA) is 92.3 Å². The minimum absolute atomic E-state index is 0.428. The van der Waals surface area contributed by atoms with E-state index in [-0.39, 0.29) is 0 Å². The maximum absolute atomic E-state index is 10.9. The molecule has 3 rings (SSSR count). The normalized spacial score (nSPS) is 13.9. The van der Waals surface area contributed by atoms with Gasteiger partial charge in [0.25, 0.3) is 0 Å². The van der Waals surface area contributed by atoms with E-state index >= 15 is 0 Å². The molecule has 2 aromatic rings. The predicted octanol–water partition coefficient (Wildman–Crippen LogP) is 1.94. The second kappa shape index (κ2) is 7.50. The van der Waals surface area contributed by atoms with Gasteiger partial charge in [0.05, 0.1) is 11.1 Å². The summed E-state index contributed by atoms with van der Waals surface area (Å²) in [5, 5.41) is 10.4. The molecule has 0 saturated carbocycles. The van der Waals surface area contributed by atoms with E-state index in [0.29, 0.717) is 22.9 Å². The number of rotatable bonds is 3. The van der Waals surface area contributed by atoms with Gasteiger partial charge < -0.3 is 10.8 Å². The van der Waals surface area contributed by atoms with Gasteiger partial charge in [-0.15, -0.1) is 0 Å². The number of carbonyl (C=O) groups is 1. The summed E-state index contributed by atoms with van der Waals surface area (Å²) in [6.45, 7) is 2.31. The van der Waals surface area contributed by atoms with E-state index in [0.717, 1.165) is 29.5 Å². The Hall–Kier alpha value is -2.02. The molecule has 1 atom stereocenters. The Morgan fingerprint density at radius 3 is 2.78 bits per heavy atom. The SMILES string of the molecule is CC(O)c1c(Cl)cncc1-c1cnc2c(c1)CCN2C=O.CN. The largest absolute Gasteiger partial charge is 0.389 e. The lowest BCUT2D eigenvalue weighted by Gasteiger charge is -2.14. The zero-order chi connectivity index (χ0) is 17.0. The molecule has 1 aliphatic heterocycles. The maximum atomic E-state index is 10.9. The number of nitrogens with two attached hydrogens (primary N) is 1. The van der Waals surface area contributed by atoms with Crippen LogP contribution in [0.15, 0.2) is 24.7 Å². The number of hydrogen-bond acceptors (Lipinski definition) is 5. The Balaban J connectivity index is 0.000000924. The summed E-state index contributed by atoms with van der Waals surface area (Å²) < 4.78 is 0. The number of pyridine rings is 2. The third-order valence-corrected chi connectivity index (χ3v) is 3.93. The summed E-state index contributed by atoms with van der Waals surface area (Å²) in [5.74, 6) is 0.697. The molecule has 3 N–H and O–H groups in total. The van der Waals surface area contributed by atoms with Crippen molar-refractivity contribution in [2.45, 2.75) is 19.4 Å². The number of carbonyl (C=O) groups excluding carboxylic acids is 1. The van der Waals surface area contributed by atoms with Crippen molar-refractivity contribution < 1.29 is 9.90 Å². The Bertz CT molecular complexity index is 706. The van der Waals surface area contributed by atoms with Gasteiger partial charge in [0.1, 0.15) is 5.82 Å². The highest BCUT2D eigenvalue weighted by molar-refractivity contribution is 6.31.